The Morgan fingerprint density at radius 3 is 1.35 bits per heavy atom. The summed E-state index contributed by atoms with van der Waals surface area (Å²) in [6, 6.07) is 19.9. The molecule has 0 bridgehead atoms. The predicted molar refractivity (Wildman–Crippen MR) is 103 cm³/mol. The summed E-state index contributed by atoms with van der Waals surface area (Å²) < 4.78 is 12.0. The van der Waals surface area contributed by atoms with E-state index in [2.05, 4.69) is 9.98 Å². The molecular weight excluding hydrogens is 324 g/mol. The summed E-state index contributed by atoms with van der Waals surface area (Å²) in [6.45, 7) is 5.10. The molecule has 2 aliphatic heterocycles. The number of hydrogen-bond acceptors (Lipinski definition) is 4. The molecule has 4 heteroatoms. The predicted octanol–water partition coefficient (Wildman–Crippen LogP) is 4.49. The quantitative estimate of drug-likeness (QED) is 0.823. The second kappa shape index (κ2) is 7.00. The second-order valence-electron chi connectivity index (χ2n) is 6.25. The second-order valence-corrected chi connectivity index (χ2v) is 6.25. The van der Waals surface area contributed by atoms with Crippen molar-refractivity contribution in [2.24, 2.45) is 9.98 Å². The fraction of sp³-hybridized carbons (Fsp3) is 0.182. The van der Waals surface area contributed by atoms with Gasteiger partial charge in [-0.1, -0.05) is 36.4 Å². The van der Waals surface area contributed by atoms with Crippen molar-refractivity contribution >= 4 is 11.8 Å². The van der Waals surface area contributed by atoms with Crippen LogP contribution in [0, 0.1) is 0 Å². The Balaban J connectivity index is 1.54. The summed E-state index contributed by atoms with van der Waals surface area (Å²) in [5.74, 6) is 3.04. The standard InChI is InChI=1S/C22H20N2O2/c1-15-19(13-23-21(25-15)17-9-5-3-6-10-17)20-14-24-22(26-16(20)2)18-11-7-4-8-12-18/h3-12H,13-14H2,1-2H3. The molecule has 2 aromatic carbocycles. The highest BCUT2D eigenvalue weighted by molar-refractivity contribution is 5.96. The zero-order valence-corrected chi connectivity index (χ0v) is 14.9. The van der Waals surface area contributed by atoms with Crippen LogP contribution in [0.5, 0.6) is 0 Å². The average molecular weight is 344 g/mol. The smallest absolute Gasteiger partial charge is 0.221 e. The van der Waals surface area contributed by atoms with Crippen molar-refractivity contribution in [2.75, 3.05) is 13.1 Å². The van der Waals surface area contributed by atoms with Gasteiger partial charge in [-0.2, -0.15) is 0 Å². The Kier molecular flexibility index (Phi) is 4.40. The number of hydrogen-bond donors (Lipinski definition) is 0. The number of benzene rings is 2. The molecule has 0 saturated heterocycles. The van der Waals surface area contributed by atoms with Gasteiger partial charge in [0.15, 0.2) is 0 Å². The van der Waals surface area contributed by atoms with Gasteiger partial charge < -0.3 is 9.47 Å². The van der Waals surface area contributed by atoms with Crippen LogP contribution in [0.25, 0.3) is 0 Å². The highest BCUT2D eigenvalue weighted by Gasteiger charge is 2.23. The van der Waals surface area contributed by atoms with Gasteiger partial charge in [0, 0.05) is 22.3 Å². The molecule has 0 saturated carbocycles. The molecule has 0 aromatic heterocycles. The van der Waals surface area contributed by atoms with Crippen LogP contribution in [0.2, 0.25) is 0 Å². The Morgan fingerprint density at radius 1 is 0.615 bits per heavy atom. The van der Waals surface area contributed by atoms with E-state index in [0.29, 0.717) is 24.9 Å². The van der Waals surface area contributed by atoms with E-state index in [4.69, 9.17) is 9.47 Å². The molecule has 0 fully saturated rings. The minimum Gasteiger partial charge on any atom is -0.443 e. The van der Waals surface area contributed by atoms with Gasteiger partial charge in [-0.05, 0) is 38.1 Å². The first kappa shape index (κ1) is 16.3. The van der Waals surface area contributed by atoms with E-state index < -0.39 is 0 Å². The fourth-order valence-electron chi connectivity index (χ4n) is 3.08. The molecule has 130 valence electrons. The van der Waals surface area contributed by atoms with Crippen molar-refractivity contribution in [2.45, 2.75) is 13.8 Å². The molecule has 2 aliphatic rings. The third kappa shape index (κ3) is 3.18. The molecule has 0 spiro atoms. The maximum absolute atomic E-state index is 5.99. The number of ether oxygens (including phenoxy) is 2. The van der Waals surface area contributed by atoms with Crippen LogP contribution in [0.3, 0.4) is 0 Å². The lowest BCUT2D eigenvalue weighted by atomic mass is 10.0. The van der Waals surface area contributed by atoms with E-state index in [1.54, 1.807) is 0 Å². The van der Waals surface area contributed by atoms with Gasteiger partial charge in [-0.25, -0.2) is 9.98 Å². The summed E-state index contributed by atoms with van der Waals surface area (Å²) in [6.07, 6.45) is 0. The summed E-state index contributed by atoms with van der Waals surface area (Å²) in [5.41, 5.74) is 4.08. The molecule has 0 unspecified atom stereocenters. The van der Waals surface area contributed by atoms with Crippen molar-refractivity contribution in [1.82, 2.24) is 0 Å². The molecule has 0 aliphatic carbocycles. The molecule has 0 amide bonds. The normalized spacial score (nSPS) is 17.3. The highest BCUT2D eigenvalue weighted by Crippen LogP contribution is 2.28. The van der Waals surface area contributed by atoms with Crippen LogP contribution in [0.15, 0.2) is 93.3 Å². The van der Waals surface area contributed by atoms with Crippen LogP contribution >= 0.6 is 0 Å². The maximum atomic E-state index is 5.99. The SMILES string of the molecule is CC1=C(C2=C(C)OC(c3ccccc3)=NC2)CN=C(c2ccccc2)O1. The Morgan fingerprint density at radius 2 is 1.00 bits per heavy atom. The third-order valence-corrected chi connectivity index (χ3v) is 4.52. The van der Waals surface area contributed by atoms with Crippen molar-refractivity contribution < 1.29 is 9.47 Å². The van der Waals surface area contributed by atoms with E-state index in [1.807, 2.05) is 74.5 Å². The Bertz CT molecular complexity index is 859. The zero-order chi connectivity index (χ0) is 17.9. The number of aliphatic imine (C=N–C) groups is 2. The van der Waals surface area contributed by atoms with E-state index in [-0.39, 0.29) is 0 Å². The van der Waals surface area contributed by atoms with Crippen LogP contribution in [-0.2, 0) is 9.47 Å². The first-order valence-electron chi connectivity index (χ1n) is 8.67. The number of nitrogens with zero attached hydrogens (tertiary/aromatic N) is 2. The summed E-state index contributed by atoms with van der Waals surface area (Å²) in [7, 11) is 0. The van der Waals surface area contributed by atoms with Gasteiger partial charge in [0.2, 0.25) is 11.8 Å². The minimum absolute atomic E-state index is 0.572. The lowest BCUT2D eigenvalue weighted by Crippen LogP contribution is -2.20. The van der Waals surface area contributed by atoms with Gasteiger partial charge in [-0.15, -0.1) is 0 Å². The van der Waals surface area contributed by atoms with Gasteiger partial charge >= 0.3 is 0 Å². The molecular formula is C22H20N2O2. The molecule has 0 radical (unpaired) electrons. The largest absolute Gasteiger partial charge is 0.443 e. The van der Waals surface area contributed by atoms with Crippen LogP contribution in [0.4, 0.5) is 0 Å². The molecule has 4 rings (SSSR count). The maximum Gasteiger partial charge on any atom is 0.221 e. The van der Waals surface area contributed by atoms with Gasteiger partial charge in [-0.3, -0.25) is 0 Å². The first-order valence-corrected chi connectivity index (χ1v) is 8.67. The van der Waals surface area contributed by atoms with E-state index in [1.165, 1.54) is 0 Å². The fourth-order valence-corrected chi connectivity index (χ4v) is 3.08. The van der Waals surface area contributed by atoms with Crippen LogP contribution in [0.1, 0.15) is 25.0 Å². The number of rotatable bonds is 3. The van der Waals surface area contributed by atoms with E-state index >= 15 is 0 Å². The monoisotopic (exact) mass is 344 g/mol. The first-order chi connectivity index (χ1) is 12.7. The minimum atomic E-state index is 0.572. The van der Waals surface area contributed by atoms with Crippen LogP contribution < -0.4 is 0 Å². The molecule has 2 heterocycles. The van der Waals surface area contributed by atoms with Crippen molar-refractivity contribution in [3.63, 3.8) is 0 Å². The Hall–Kier alpha value is -3.14. The lowest BCUT2D eigenvalue weighted by Gasteiger charge is -2.24. The summed E-state index contributed by atoms with van der Waals surface area (Å²) >= 11 is 0. The lowest BCUT2D eigenvalue weighted by molar-refractivity contribution is 0.385. The van der Waals surface area contributed by atoms with E-state index in [9.17, 15) is 0 Å². The molecule has 0 N–H and O–H groups in total. The third-order valence-electron chi connectivity index (χ3n) is 4.52. The van der Waals surface area contributed by atoms with Gasteiger partial charge in [0.05, 0.1) is 13.1 Å². The molecule has 26 heavy (non-hydrogen) atoms. The highest BCUT2D eigenvalue weighted by atomic mass is 16.5. The van der Waals surface area contributed by atoms with E-state index in [0.717, 1.165) is 33.8 Å². The summed E-state index contributed by atoms with van der Waals surface area (Å²) in [4.78, 5) is 9.23. The van der Waals surface area contributed by atoms with Crippen molar-refractivity contribution in [3.05, 3.63) is 94.5 Å². The van der Waals surface area contributed by atoms with Crippen LogP contribution in [-0.4, -0.2) is 24.9 Å². The van der Waals surface area contributed by atoms with Crippen molar-refractivity contribution in [3.8, 4) is 0 Å². The van der Waals surface area contributed by atoms with Crippen molar-refractivity contribution in [1.29, 1.82) is 0 Å². The van der Waals surface area contributed by atoms with Gasteiger partial charge in [0.1, 0.15) is 11.5 Å². The molecule has 2 aromatic rings. The zero-order valence-electron chi connectivity index (χ0n) is 14.9. The topological polar surface area (TPSA) is 43.2 Å². The average Bonchev–Trinajstić information content (AvgIpc) is 2.69. The van der Waals surface area contributed by atoms with Gasteiger partial charge in [0.25, 0.3) is 0 Å². The Labute approximate surface area is 153 Å². The number of allylic oxidation sites excluding steroid dienone is 2. The molecule has 4 nitrogen and oxygen atoms in total. The summed E-state index contributed by atoms with van der Waals surface area (Å²) in [5, 5.41) is 0. The molecule has 0 atom stereocenters.